The molecular formula is C16H17NO3. The molecule has 0 saturated carbocycles. The monoisotopic (exact) mass is 271 g/mol. The second-order valence-electron chi connectivity index (χ2n) is 4.30. The van der Waals surface area contributed by atoms with Gasteiger partial charge in [-0.25, -0.2) is 0 Å². The van der Waals surface area contributed by atoms with E-state index in [2.05, 4.69) is 0 Å². The van der Waals surface area contributed by atoms with E-state index in [0.717, 1.165) is 5.75 Å². The first-order valence-corrected chi connectivity index (χ1v) is 6.48. The number of para-hydroxylation sites is 1. The van der Waals surface area contributed by atoms with Gasteiger partial charge in [-0.15, -0.1) is 0 Å². The minimum Gasteiger partial charge on any atom is -0.481 e. The molecule has 20 heavy (non-hydrogen) atoms. The molecule has 0 saturated heterocycles. The smallest absolute Gasteiger partial charge is 0.258 e. The van der Waals surface area contributed by atoms with Crippen LogP contribution in [0.25, 0.3) is 0 Å². The van der Waals surface area contributed by atoms with E-state index in [1.807, 2.05) is 37.3 Å². The molecule has 4 nitrogen and oxygen atoms in total. The number of primary amides is 1. The zero-order chi connectivity index (χ0) is 14.4. The Morgan fingerprint density at radius 2 is 1.55 bits per heavy atom. The summed E-state index contributed by atoms with van der Waals surface area (Å²) >= 11 is 0. The summed E-state index contributed by atoms with van der Waals surface area (Å²) in [6, 6.07) is 16.6. The second kappa shape index (κ2) is 6.61. The summed E-state index contributed by atoms with van der Waals surface area (Å²) in [5, 5.41) is 0. The molecule has 0 spiro atoms. The number of nitrogens with two attached hydrogens (primary N) is 1. The lowest BCUT2D eigenvalue weighted by Crippen LogP contribution is -2.32. The third-order valence-corrected chi connectivity index (χ3v) is 2.77. The standard InChI is InChI=1S/C16H17NO3/c1-2-15(16(17)18)20-14-10-8-13(9-11-14)19-12-6-4-3-5-7-12/h3-11,15H,2H2,1H3,(H2,17,18). The SMILES string of the molecule is CCC(Oc1ccc(Oc2ccccc2)cc1)C(N)=O. The van der Waals surface area contributed by atoms with E-state index >= 15 is 0 Å². The van der Waals surface area contributed by atoms with E-state index in [-0.39, 0.29) is 0 Å². The highest BCUT2D eigenvalue weighted by atomic mass is 16.5. The molecule has 2 N–H and O–H groups in total. The van der Waals surface area contributed by atoms with Gasteiger partial charge in [0.25, 0.3) is 5.91 Å². The summed E-state index contributed by atoms with van der Waals surface area (Å²) in [7, 11) is 0. The third kappa shape index (κ3) is 3.75. The van der Waals surface area contributed by atoms with Gasteiger partial charge in [0.1, 0.15) is 17.2 Å². The van der Waals surface area contributed by atoms with E-state index < -0.39 is 12.0 Å². The molecule has 0 aliphatic carbocycles. The van der Waals surface area contributed by atoms with Gasteiger partial charge in [0.2, 0.25) is 0 Å². The lowest BCUT2D eigenvalue weighted by atomic mass is 10.2. The fourth-order valence-corrected chi connectivity index (χ4v) is 1.72. The van der Waals surface area contributed by atoms with Gasteiger partial charge < -0.3 is 15.2 Å². The number of carbonyl (C=O) groups is 1. The minimum absolute atomic E-state index is 0.461. The van der Waals surface area contributed by atoms with Crippen LogP contribution in [-0.4, -0.2) is 12.0 Å². The van der Waals surface area contributed by atoms with Crippen molar-refractivity contribution in [3.63, 3.8) is 0 Å². The van der Waals surface area contributed by atoms with Crippen LogP contribution in [0.1, 0.15) is 13.3 Å². The Kier molecular flexibility index (Phi) is 4.60. The van der Waals surface area contributed by atoms with Crippen LogP contribution >= 0.6 is 0 Å². The van der Waals surface area contributed by atoms with Gasteiger partial charge >= 0.3 is 0 Å². The Morgan fingerprint density at radius 3 is 2.10 bits per heavy atom. The van der Waals surface area contributed by atoms with Crippen molar-refractivity contribution in [2.24, 2.45) is 5.73 Å². The summed E-state index contributed by atoms with van der Waals surface area (Å²) in [6.45, 7) is 1.85. The predicted octanol–water partition coefficient (Wildman–Crippen LogP) is 3.12. The van der Waals surface area contributed by atoms with Crippen molar-refractivity contribution in [1.82, 2.24) is 0 Å². The van der Waals surface area contributed by atoms with Crippen LogP contribution in [0.4, 0.5) is 0 Å². The molecule has 0 bridgehead atoms. The molecule has 1 amide bonds. The number of benzene rings is 2. The van der Waals surface area contributed by atoms with Gasteiger partial charge in [0, 0.05) is 0 Å². The summed E-state index contributed by atoms with van der Waals surface area (Å²) in [4.78, 5) is 11.1. The quantitative estimate of drug-likeness (QED) is 0.878. The van der Waals surface area contributed by atoms with E-state index in [9.17, 15) is 4.79 Å². The lowest BCUT2D eigenvalue weighted by molar-refractivity contribution is -0.124. The first kappa shape index (κ1) is 13.9. The van der Waals surface area contributed by atoms with Crippen LogP contribution in [0.3, 0.4) is 0 Å². The maximum Gasteiger partial charge on any atom is 0.258 e. The zero-order valence-electron chi connectivity index (χ0n) is 11.3. The molecule has 2 rings (SSSR count). The van der Waals surface area contributed by atoms with E-state index in [4.69, 9.17) is 15.2 Å². The molecule has 2 aromatic carbocycles. The first-order valence-electron chi connectivity index (χ1n) is 6.48. The average molecular weight is 271 g/mol. The van der Waals surface area contributed by atoms with Crippen LogP contribution in [-0.2, 0) is 4.79 Å². The Hall–Kier alpha value is -2.49. The van der Waals surface area contributed by atoms with Crippen molar-refractivity contribution < 1.29 is 14.3 Å². The van der Waals surface area contributed by atoms with Crippen LogP contribution in [0, 0.1) is 0 Å². The lowest BCUT2D eigenvalue weighted by Gasteiger charge is -2.14. The number of rotatable bonds is 6. The summed E-state index contributed by atoms with van der Waals surface area (Å²) < 4.78 is 11.2. The maximum atomic E-state index is 11.1. The number of carbonyl (C=O) groups excluding carboxylic acids is 1. The molecule has 104 valence electrons. The summed E-state index contributed by atoms with van der Waals surface area (Å²) in [5.41, 5.74) is 5.24. The molecule has 0 heterocycles. The normalized spacial score (nSPS) is 11.7. The second-order valence-corrected chi connectivity index (χ2v) is 4.30. The molecule has 2 aromatic rings. The van der Waals surface area contributed by atoms with Crippen molar-refractivity contribution in [2.45, 2.75) is 19.4 Å². The number of amides is 1. The van der Waals surface area contributed by atoms with E-state index in [1.54, 1.807) is 24.3 Å². The molecule has 0 aliphatic rings. The molecular weight excluding hydrogens is 254 g/mol. The number of ether oxygens (including phenoxy) is 2. The fourth-order valence-electron chi connectivity index (χ4n) is 1.72. The van der Waals surface area contributed by atoms with Gasteiger partial charge in [-0.1, -0.05) is 25.1 Å². The predicted molar refractivity (Wildman–Crippen MR) is 76.9 cm³/mol. The van der Waals surface area contributed by atoms with E-state index in [0.29, 0.717) is 17.9 Å². The van der Waals surface area contributed by atoms with Crippen molar-refractivity contribution in [3.8, 4) is 17.2 Å². The maximum absolute atomic E-state index is 11.1. The Morgan fingerprint density at radius 1 is 1.00 bits per heavy atom. The molecule has 0 fully saturated rings. The highest BCUT2D eigenvalue weighted by molar-refractivity contribution is 5.79. The Balaban J connectivity index is 2.01. The highest BCUT2D eigenvalue weighted by Crippen LogP contribution is 2.24. The fraction of sp³-hybridized carbons (Fsp3) is 0.188. The van der Waals surface area contributed by atoms with Crippen molar-refractivity contribution >= 4 is 5.91 Å². The number of hydrogen-bond donors (Lipinski definition) is 1. The van der Waals surface area contributed by atoms with Crippen molar-refractivity contribution in [3.05, 3.63) is 54.6 Å². The average Bonchev–Trinajstić information content (AvgIpc) is 2.47. The molecule has 0 aromatic heterocycles. The molecule has 0 radical (unpaired) electrons. The zero-order valence-corrected chi connectivity index (χ0v) is 11.3. The summed E-state index contributed by atoms with van der Waals surface area (Å²) in [5.74, 6) is 1.61. The van der Waals surface area contributed by atoms with Gasteiger partial charge in [-0.05, 0) is 42.8 Å². The van der Waals surface area contributed by atoms with Gasteiger partial charge in [0.05, 0.1) is 0 Å². The van der Waals surface area contributed by atoms with Gasteiger partial charge in [-0.2, -0.15) is 0 Å². The Labute approximate surface area is 118 Å². The minimum atomic E-state index is -0.601. The van der Waals surface area contributed by atoms with Crippen LogP contribution in [0.2, 0.25) is 0 Å². The summed E-state index contributed by atoms with van der Waals surface area (Å²) in [6.07, 6.45) is -0.0617. The van der Waals surface area contributed by atoms with Crippen LogP contribution in [0.5, 0.6) is 17.2 Å². The topological polar surface area (TPSA) is 61.6 Å². The molecule has 0 aliphatic heterocycles. The molecule has 1 atom stereocenters. The van der Waals surface area contributed by atoms with Crippen LogP contribution < -0.4 is 15.2 Å². The van der Waals surface area contributed by atoms with Crippen molar-refractivity contribution in [1.29, 1.82) is 0 Å². The Bertz CT molecular complexity index is 552. The first-order chi connectivity index (χ1) is 9.69. The molecule has 1 unspecified atom stereocenters. The van der Waals surface area contributed by atoms with Crippen LogP contribution in [0.15, 0.2) is 54.6 Å². The van der Waals surface area contributed by atoms with Crippen molar-refractivity contribution in [2.75, 3.05) is 0 Å². The number of hydrogen-bond acceptors (Lipinski definition) is 3. The van der Waals surface area contributed by atoms with Gasteiger partial charge in [0.15, 0.2) is 6.10 Å². The third-order valence-electron chi connectivity index (χ3n) is 2.77. The molecule has 4 heteroatoms. The van der Waals surface area contributed by atoms with E-state index in [1.165, 1.54) is 0 Å². The highest BCUT2D eigenvalue weighted by Gasteiger charge is 2.14. The largest absolute Gasteiger partial charge is 0.481 e. The van der Waals surface area contributed by atoms with Gasteiger partial charge in [-0.3, -0.25) is 4.79 Å².